The molecule has 0 unspecified atom stereocenters. The molecule has 0 saturated heterocycles. The Morgan fingerprint density at radius 1 is 1.05 bits per heavy atom. The summed E-state index contributed by atoms with van der Waals surface area (Å²) in [6, 6.07) is 11.0. The molecule has 1 aromatic heterocycles. The first kappa shape index (κ1) is 13.6. The van der Waals surface area contributed by atoms with E-state index in [0.29, 0.717) is 27.8 Å². The first-order valence-electron chi connectivity index (χ1n) is 6.23. The van der Waals surface area contributed by atoms with E-state index in [-0.39, 0.29) is 5.82 Å². The first-order valence-corrected chi connectivity index (χ1v) is 6.61. The van der Waals surface area contributed by atoms with Crippen LogP contribution < -0.4 is 9.47 Å². The van der Waals surface area contributed by atoms with Crippen molar-refractivity contribution in [2.75, 3.05) is 7.11 Å². The van der Waals surface area contributed by atoms with E-state index in [2.05, 4.69) is 4.98 Å². The lowest BCUT2D eigenvalue weighted by molar-refractivity contribution is 0.415. The number of nitrogens with zero attached hydrogens (tertiary/aromatic N) is 1. The average molecular weight is 304 g/mol. The third-order valence-corrected chi connectivity index (χ3v) is 3.31. The maximum absolute atomic E-state index is 12.9. The van der Waals surface area contributed by atoms with Gasteiger partial charge in [0.15, 0.2) is 0 Å². The molecule has 3 nitrogen and oxygen atoms in total. The minimum Gasteiger partial charge on any atom is -0.495 e. The van der Waals surface area contributed by atoms with E-state index in [1.807, 2.05) is 0 Å². The van der Waals surface area contributed by atoms with E-state index in [0.717, 1.165) is 5.39 Å². The number of hydrogen-bond acceptors (Lipinski definition) is 3. The zero-order valence-electron chi connectivity index (χ0n) is 11.1. The Morgan fingerprint density at radius 3 is 2.52 bits per heavy atom. The molecular weight excluding hydrogens is 293 g/mol. The standard InChI is InChI=1S/C16H11ClFNO2/c1-20-16-8-12-14(9-13(16)17)19-7-6-15(12)21-11-4-2-10(18)3-5-11/h2-9H,1H3. The molecule has 0 saturated carbocycles. The summed E-state index contributed by atoms with van der Waals surface area (Å²) in [6.45, 7) is 0. The van der Waals surface area contributed by atoms with Gasteiger partial charge in [0.1, 0.15) is 23.1 Å². The van der Waals surface area contributed by atoms with Gasteiger partial charge >= 0.3 is 0 Å². The molecule has 21 heavy (non-hydrogen) atoms. The van der Waals surface area contributed by atoms with Crippen LogP contribution in [0.2, 0.25) is 5.02 Å². The molecule has 5 heteroatoms. The molecule has 0 aliphatic heterocycles. The van der Waals surface area contributed by atoms with Gasteiger partial charge in [0.2, 0.25) is 0 Å². The van der Waals surface area contributed by atoms with Gasteiger partial charge in [0.05, 0.1) is 17.6 Å². The van der Waals surface area contributed by atoms with Gasteiger partial charge in [-0.1, -0.05) is 11.6 Å². The third kappa shape index (κ3) is 2.76. The van der Waals surface area contributed by atoms with Crippen LogP contribution in [0.3, 0.4) is 0 Å². The molecular formula is C16H11ClFNO2. The maximum Gasteiger partial charge on any atom is 0.138 e. The van der Waals surface area contributed by atoms with Crippen molar-refractivity contribution in [3.05, 3.63) is 59.5 Å². The highest BCUT2D eigenvalue weighted by atomic mass is 35.5. The van der Waals surface area contributed by atoms with Gasteiger partial charge in [-0.25, -0.2) is 4.39 Å². The molecule has 106 valence electrons. The van der Waals surface area contributed by atoms with E-state index in [1.165, 1.54) is 12.1 Å². The van der Waals surface area contributed by atoms with E-state index in [4.69, 9.17) is 21.1 Å². The van der Waals surface area contributed by atoms with Crippen molar-refractivity contribution < 1.29 is 13.9 Å². The van der Waals surface area contributed by atoms with E-state index >= 15 is 0 Å². The summed E-state index contributed by atoms with van der Waals surface area (Å²) in [5.41, 5.74) is 0.695. The zero-order chi connectivity index (χ0) is 14.8. The summed E-state index contributed by atoms with van der Waals surface area (Å²) in [6.07, 6.45) is 1.63. The first-order chi connectivity index (χ1) is 10.2. The topological polar surface area (TPSA) is 31.4 Å². The fourth-order valence-electron chi connectivity index (χ4n) is 2.00. The number of aromatic nitrogens is 1. The minimum atomic E-state index is -0.310. The molecule has 0 fully saturated rings. The van der Waals surface area contributed by atoms with Gasteiger partial charge in [0, 0.05) is 11.6 Å². The van der Waals surface area contributed by atoms with Crippen LogP contribution in [-0.4, -0.2) is 12.1 Å². The highest BCUT2D eigenvalue weighted by molar-refractivity contribution is 6.32. The molecule has 1 heterocycles. The average Bonchev–Trinajstić information content (AvgIpc) is 2.49. The maximum atomic E-state index is 12.9. The Hall–Kier alpha value is -2.33. The lowest BCUT2D eigenvalue weighted by Gasteiger charge is -2.10. The van der Waals surface area contributed by atoms with E-state index in [9.17, 15) is 4.39 Å². The summed E-state index contributed by atoms with van der Waals surface area (Å²) >= 11 is 6.09. The van der Waals surface area contributed by atoms with Crippen molar-refractivity contribution in [2.24, 2.45) is 0 Å². The lowest BCUT2D eigenvalue weighted by atomic mass is 10.2. The minimum absolute atomic E-state index is 0.310. The van der Waals surface area contributed by atoms with Gasteiger partial charge in [-0.2, -0.15) is 0 Å². The monoisotopic (exact) mass is 303 g/mol. The van der Waals surface area contributed by atoms with Gasteiger partial charge in [-0.3, -0.25) is 4.98 Å². The van der Waals surface area contributed by atoms with Crippen molar-refractivity contribution in [2.45, 2.75) is 0 Å². The van der Waals surface area contributed by atoms with Crippen molar-refractivity contribution in [1.29, 1.82) is 0 Å². The lowest BCUT2D eigenvalue weighted by Crippen LogP contribution is -1.90. The van der Waals surface area contributed by atoms with Gasteiger partial charge in [-0.05, 0) is 42.5 Å². The number of benzene rings is 2. The van der Waals surface area contributed by atoms with E-state index < -0.39 is 0 Å². The summed E-state index contributed by atoms with van der Waals surface area (Å²) < 4.78 is 23.9. The highest BCUT2D eigenvalue weighted by Crippen LogP contribution is 2.35. The van der Waals surface area contributed by atoms with Gasteiger partial charge in [-0.15, -0.1) is 0 Å². The Kier molecular flexibility index (Phi) is 3.62. The fourth-order valence-corrected chi connectivity index (χ4v) is 2.23. The number of halogens is 2. The molecule has 0 radical (unpaired) electrons. The zero-order valence-corrected chi connectivity index (χ0v) is 11.9. The Labute approximate surface area is 125 Å². The van der Waals surface area contributed by atoms with Crippen LogP contribution in [-0.2, 0) is 0 Å². The number of rotatable bonds is 3. The van der Waals surface area contributed by atoms with Crippen LogP contribution in [0.1, 0.15) is 0 Å². The summed E-state index contributed by atoms with van der Waals surface area (Å²) in [4.78, 5) is 4.25. The van der Waals surface area contributed by atoms with Crippen molar-refractivity contribution in [1.82, 2.24) is 4.98 Å². The predicted octanol–water partition coefficient (Wildman–Crippen LogP) is 4.83. The molecule has 0 amide bonds. The second-order valence-electron chi connectivity index (χ2n) is 4.37. The molecule has 2 aromatic carbocycles. The SMILES string of the molecule is COc1cc2c(Oc3ccc(F)cc3)ccnc2cc1Cl. The quantitative estimate of drug-likeness (QED) is 0.694. The number of pyridine rings is 1. The van der Waals surface area contributed by atoms with Crippen LogP contribution in [0.5, 0.6) is 17.2 Å². The number of methoxy groups -OCH3 is 1. The van der Waals surface area contributed by atoms with Gasteiger partial charge in [0.25, 0.3) is 0 Å². The van der Waals surface area contributed by atoms with Crippen LogP contribution in [0, 0.1) is 5.82 Å². The molecule has 0 N–H and O–H groups in total. The third-order valence-electron chi connectivity index (χ3n) is 3.02. The smallest absolute Gasteiger partial charge is 0.138 e. The number of fused-ring (bicyclic) bond motifs is 1. The summed E-state index contributed by atoms with van der Waals surface area (Å²) in [7, 11) is 1.55. The molecule has 0 bridgehead atoms. The number of ether oxygens (including phenoxy) is 2. The second-order valence-corrected chi connectivity index (χ2v) is 4.78. The van der Waals surface area contributed by atoms with Crippen molar-refractivity contribution in [3.8, 4) is 17.2 Å². The number of hydrogen-bond donors (Lipinski definition) is 0. The fraction of sp³-hybridized carbons (Fsp3) is 0.0625. The van der Waals surface area contributed by atoms with Crippen LogP contribution in [0.25, 0.3) is 10.9 Å². The normalized spacial score (nSPS) is 10.6. The highest BCUT2D eigenvalue weighted by Gasteiger charge is 2.09. The van der Waals surface area contributed by atoms with Crippen LogP contribution >= 0.6 is 11.6 Å². The van der Waals surface area contributed by atoms with Crippen LogP contribution in [0.4, 0.5) is 4.39 Å². The van der Waals surface area contributed by atoms with Crippen molar-refractivity contribution >= 4 is 22.5 Å². The Bertz CT molecular complexity index is 790. The Balaban J connectivity index is 2.07. The predicted molar refractivity (Wildman–Crippen MR) is 79.8 cm³/mol. The summed E-state index contributed by atoms with van der Waals surface area (Å²) in [5.74, 6) is 1.37. The Morgan fingerprint density at radius 2 is 1.81 bits per heavy atom. The molecule has 0 spiro atoms. The molecule has 3 aromatic rings. The van der Waals surface area contributed by atoms with Crippen molar-refractivity contribution in [3.63, 3.8) is 0 Å². The second kappa shape index (κ2) is 5.58. The summed E-state index contributed by atoms with van der Waals surface area (Å²) in [5, 5.41) is 1.25. The van der Waals surface area contributed by atoms with Crippen LogP contribution in [0.15, 0.2) is 48.7 Å². The molecule has 0 atom stereocenters. The van der Waals surface area contributed by atoms with Gasteiger partial charge < -0.3 is 9.47 Å². The molecule has 0 aliphatic carbocycles. The largest absolute Gasteiger partial charge is 0.495 e. The van der Waals surface area contributed by atoms with E-state index in [1.54, 1.807) is 43.6 Å². The molecule has 3 rings (SSSR count). The molecule has 0 aliphatic rings.